The van der Waals surface area contributed by atoms with Crippen molar-refractivity contribution in [2.45, 2.75) is 36.6 Å². The molecule has 108 valence electrons. The summed E-state index contributed by atoms with van der Waals surface area (Å²) < 4.78 is 48.5. The molecule has 6 nitrogen and oxygen atoms in total. The largest absolute Gasteiger partial charge is 0.243 e. The lowest BCUT2D eigenvalue weighted by atomic mass is 10.4. The molecule has 0 saturated carbocycles. The molecule has 2 N–H and O–H groups in total. The van der Waals surface area contributed by atoms with Crippen LogP contribution >= 0.6 is 0 Å². The predicted molar refractivity (Wildman–Crippen MR) is 72.5 cm³/mol. The molecule has 0 spiro atoms. The van der Waals surface area contributed by atoms with E-state index < -0.39 is 20.0 Å². The molecule has 0 aromatic heterocycles. The minimum absolute atomic E-state index is 0.0745. The molecule has 1 aromatic rings. The first kappa shape index (κ1) is 16.1. The Morgan fingerprint density at radius 1 is 1.16 bits per heavy atom. The summed E-state index contributed by atoms with van der Waals surface area (Å²) in [4.78, 5) is -0.289. The van der Waals surface area contributed by atoms with E-state index in [1.807, 2.05) is 0 Å². The van der Waals surface area contributed by atoms with Gasteiger partial charge >= 0.3 is 0 Å². The van der Waals surface area contributed by atoms with Gasteiger partial charge in [-0.15, -0.1) is 0 Å². The van der Waals surface area contributed by atoms with Crippen molar-refractivity contribution in [1.29, 1.82) is 0 Å². The summed E-state index contributed by atoms with van der Waals surface area (Å²) >= 11 is 0. The van der Waals surface area contributed by atoms with Crippen LogP contribution in [0.25, 0.3) is 0 Å². The van der Waals surface area contributed by atoms with Gasteiger partial charge in [-0.1, -0.05) is 13.0 Å². The SMILES string of the molecule is CCN(C(C)C)S(=O)(=O)c1cccc(S(N)(=O)=O)c1. The molecule has 0 fully saturated rings. The highest BCUT2D eigenvalue weighted by atomic mass is 32.2. The van der Waals surface area contributed by atoms with Crippen molar-refractivity contribution in [3.63, 3.8) is 0 Å². The van der Waals surface area contributed by atoms with Crippen LogP contribution in [-0.2, 0) is 20.0 Å². The Morgan fingerprint density at radius 2 is 1.68 bits per heavy atom. The van der Waals surface area contributed by atoms with Crippen molar-refractivity contribution in [3.05, 3.63) is 24.3 Å². The first-order valence-corrected chi connectivity index (χ1v) is 8.74. The zero-order chi connectivity index (χ0) is 14.8. The minimum atomic E-state index is -3.92. The van der Waals surface area contributed by atoms with Crippen molar-refractivity contribution < 1.29 is 16.8 Å². The van der Waals surface area contributed by atoms with E-state index in [-0.39, 0.29) is 15.8 Å². The lowest BCUT2D eigenvalue weighted by Gasteiger charge is -2.24. The summed E-state index contributed by atoms with van der Waals surface area (Å²) in [6.45, 7) is 5.54. The van der Waals surface area contributed by atoms with Crippen molar-refractivity contribution in [2.75, 3.05) is 6.54 Å². The topological polar surface area (TPSA) is 97.5 Å². The van der Waals surface area contributed by atoms with Crippen molar-refractivity contribution >= 4 is 20.0 Å². The summed E-state index contributed by atoms with van der Waals surface area (Å²) in [7, 11) is -7.64. The van der Waals surface area contributed by atoms with Gasteiger partial charge in [0, 0.05) is 12.6 Å². The first-order chi connectivity index (χ1) is 8.60. The molecule has 0 radical (unpaired) electrons. The van der Waals surface area contributed by atoms with Gasteiger partial charge in [0.05, 0.1) is 9.79 Å². The van der Waals surface area contributed by atoms with Gasteiger partial charge in [0.15, 0.2) is 0 Å². The molecule has 0 heterocycles. The van der Waals surface area contributed by atoms with Gasteiger partial charge in [-0.25, -0.2) is 22.0 Å². The number of nitrogens with two attached hydrogens (primary N) is 1. The van der Waals surface area contributed by atoms with Gasteiger partial charge in [0.25, 0.3) is 0 Å². The van der Waals surface area contributed by atoms with E-state index in [2.05, 4.69) is 0 Å². The van der Waals surface area contributed by atoms with Gasteiger partial charge in [-0.05, 0) is 32.0 Å². The average molecular weight is 306 g/mol. The van der Waals surface area contributed by atoms with Crippen LogP contribution in [0, 0.1) is 0 Å². The molecule has 0 aliphatic rings. The molecule has 1 rings (SSSR count). The first-order valence-electron chi connectivity index (χ1n) is 5.75. The Kier molecular flexibility index (Phi) is 4.72. The van der Waals surface area contributed by atoms with Crippen LogP contribution in [0.3, 0.4) is 0 Å². The maximum absolute atomic E-state index is 12.4. The van der Waals surface area contributed by atoms with E-state index in [0.29, 0.717) is 6.54 Å². The summed E-state index contributed by atoms with van der Waals surface area (Å²) in [6, 6.07) is 4.85. The van der Waals surface area contributed by atoms with E-state index in [1.54, 1.807) is 20.8 Å². The molecule has 1 aromatic carbocycles. The van der Waals surface area contributed by atoms with E-state index >= 15 is 0 Å². The molecular formula is C11H18N2O4S2. The molecule has 0 saturated heterocycles. The highest BCUT2D eigenvalue weighted by Crippen LogP contribution is 2.20. The number of primary sulfonamides is 1. The van der Waals surface area contributed by atoms with Gasteiger partial charge in [-0.2, -0.15) is 4.31 Å². The van der Waals surface area contributed by atoms with Crippen molar-refractivity contribution in [3.8, 4) is 0 Å². The van der Waals surface area contributed by atoms with Crippen LogP contribution in [-0.4, -0.2) is 33.7 Å². The maximum atomic E-state index is 12.4. The van der Waals surface area contributed by atoms with E-state index in [9.17, 15) is 16.8 Å². The second kappa shape index (κ2) is 5.58. The molecular weight excluding hydrogens is 288 g/mol. The number of sulfonamides is 2. The Balaban J connectivity index is 3.38. The second-order valence-corrected chi connectivity index (χ2v) is 7.77. The Hall–Kier alpha value is -0.960. The molecule has 19 heavy (non-hydrogen) atoms. The number of rotatable bonds is 5. The smallest absolute Gasteiger partial charge is 0.225 e. The lowest BCUT2D eigenvalue weighted by molar-refractivity contribution is 0.369. The molecule has 8 heteroatoms. The van der Waals surface area contributed by atoms with Gasteiger partial charge in [0.2, 0.25) is 20.0 Å². The van der Waals surface area contributed by atoms with E-state index in [0.717, 1.165) is 6.07 Å². The highest BCUT2D eigenvalue weighted by Gasteiger charge is 2.26. The van der Waals surface area contributed by atoms with Gasteiger partial charge < -0.3 is 0 Å². The van der Waals surface area contributed by atoms with Crippen LogP contribution in [0.4, 0.5) is 0 Å². The number of hydrogen-bond acceptors (Lipinski definition) is 4. The van der Waals surface area contributed by atoms with Crippen molar-refractivity contribution in [2.24, 2.45) is 5.14 Å². The zero-order valence-electron chi connectivity index (χ0n) is 11.1. The molecule has 0 amide bonds. The summed E-state index contributed by atoms with van der Waals surface area (Å²) in [5.74, 6) is 0. The number of nitrogens with zero attached hydrogens (tertiary/aromatic N) is 1. The number of benzene rings is 1. The quantitative estimate of drug-likeness (QED) is 0.868. The second-order valence-electron chi connectivity index (χ2n) is 4.32. The summed E-state index contributed by atoms with van der Waals surface area (Å²) in [5.41, 5.74) is 0. The van der Waals surface area contributed by atoms with E-state index in [1.165, 1.54) is 22.5 Å². The fourth-order valence-corrected chi connectivity index (χ4v) is 4.09. The molecule has 0 aliphatic heterocycles. The normalized spacial score (nSPS) is 13.2. The third-order valence-corrected chi connectivity index (χ3v) is 5.69. The van der Waals surface area contributed by atoms with Gasteiger partial charge in [0.1, 0.15) is 0 Å². The molecule has 0 aliphatic carbocycles. The fourth-order valence-electron chi connectivity index (χ4n) is 1.76. The Morgan fingerprint density at radius 3 is 2.11 bits per heavy atom. The van der Waals surface area contributed by atoms with E-state index in [4.69, 9.17) is 5.14 Å². The lowest BCUT2D eigenvalue weighted by Crippen LogP contribution is -2.36. The number of hydrogen-bond donors (Lipinski definition) is 1. The summed E-state index contributed by atoms with van der Waals surface area (Å²) in [6.07, 6.45) is 0. The maximum Gasteiger partial charge on any atom is 0.243 e. The monoisotopic (exact) mass is 306 g/mol. The molecule has 0 bridgehead atoms. The van der Waals surface area contributed by atoms with Crippen LogP contribution in [0.2, 0.25) is 0 Å². The third-order valence-electron chi connectivity index (χ3n) is 2.63. The van der Waals surface area contributed by atoms with Crippen molar-refractivity contribution in [1.82, 2.24) is 4.31 Å². The standard InChI is InChI=1S/C11H18N2O4S2/c1-4-13(9(2)3)19(16,17)11-7-5-6-10(8-11)18(12,14)15/h5-9H,4H2,1-3H3,(H2,12,14,15). The Bertz CT molecular complexity index is 651. The minimum Gasteiger partial charge on any atom is -0.225 e. The highest BCUT2D eigenvalue weighted by molar-refractivity contribution is 7.90. The van der Waals surface area contributed by atoms with Gasteiger partial charge in [-0.3, -0.25) is 0 Å². The average Bonchev–Trinajstić information content (AvgIpc) is 2.28. The van der Waals surface area contributed by atoms with Crippen LogP contribution in [0.5, 0.6) is 0 Å². The zero-order valence-corrected chi connectivity index (χ0v) is 12.7. The van der Waals surface area contributed by atoms with Crippen LogP contribution < -0.4 is 5.14 Å². The molecule has 0 unspecified atom stereocenters. The third kappa shape index (κ3) is 3.53. The van der Waals surface area contributed by atoms with Crippen LogP contribution in [0.15, 0.2) is 34.1 Å². The predicted octanol–water partition coefficient (Wildman–Crippen LogP) is 0.753. The summed E-state index contributed by atoms with van der Waals surface area (Å²) in [5, 5.41) is 5.00. The fraction of sp³-hybridized carbons (Fsp3) is 0.455. The Labute approximate surface area is 114 Å². The van der Waals surface area contributed by atoms with Crippen LogP contribution in [0.1, 0.15) is 20.8 Å². The molecule has 0 atom stereocenters.